The molecule has 4 nitrogen and oxygen atoms in total. The number of benzene rings is 1. The van der Waals surface area contributed by atoms with Crippen molar-refractivity contribution in [2.75, 3.05) is 20.6 Å². The number of rotatable bonds is 5. The standard InChI is InChI=1S/C14H22N2O2/c1-10-5-7-12(8-6-10)13(16(3)4)9-15-14(18)11(2)17/h5-8,11,13,17H,9H2,1-4H3,(H,15,18). The van der Waals surface area contributed by atoms with Crippen LogP contribution >= 0.6 is 0 Å². The molecule has 0 aromatic heterocycles. The first-order valence-corrected chi connectivity index (χ1v) is 6.10. The average Bonchev–Trinajstić information content (AvgIpc) is 2.30. The quantitative estimate of drug-likeness (QED) is 0.822. The fourth-order valence-electron chi connectivity index (χ4n) is 1.73. The first kappa shape index (κ1) is 14.7. The molecule has 0 bridgehead atoms. The Kier molecular flexibility index (Phi) is 5.31. The van der Waals surface area contributed by atoms with E-state index >= 15 is 0 Å². The smallest absolute Gasteiger partial charge is 0.248 e. The van der Waals surface area contributed by atoms with Crippen LogP contribution in [0.25, 0.3) is 0 Å². The molecule has 0 aliphatic heterocycles. The van der Waals surface area contributed by atoms with Crippen LogP contribution in [-0.4, -0.2) is 42.7 Å². The first-order valence-electron chi connectivity index (χ1n) is 6.10. The first-order chi connectivity index (χ1) is 8.41. The molecule has 1 aromatic carbocycles. The summed E-state index contributed by atoms with van der Waals surface area (Å²) in [7, 11) is 3.94. The van der Waals surface area contributed by atoms with Gasteiger partial charge in [0.25, 0.3) is 0 Å². The summed E-state index contributed by atoms with van der Waals surface area (Å²) in [6.07, 6.45) is -0.967. The van der Waals surface area contributed by atoms with Gasteiger partial charge in [0, 0.05) is 6.54 Å². The van der Waals surface area contributed by atoms with Gasteiger partial charge in [-0.05, 0) is 33.5 Å². The molecule has 0 fully saturated rings. The molecule has 4 heteroatoms. The van der Waals surface area contributed by atoms with Crippen LogP contribution in [0.5, 0.6) is 0 Å². The van der Waals surface area contributed by atoms with E-state index in [0.29, 0.717) is 6.54 Å². The Morgan fingerprint density at radius 1 is 1.33 bits per heavy atom. The fraction of sp³-hybridized carbons (Fsp3) is 0.500. The highest BCUT2D eigenvalue weighted by atomic mass is 16.3. The van der Waals surface area contributed by atoms with Crippen molar-refractivity contribution in [3.05, 3.63) is 35.4 Å². The molecule has 0 saturated carbocycles. The topological polar surface area (TPSA) is 52.6 Å². The number of hydrogen-bond donors (Lipinski definition) is 2. The summed E-state index contributed by atoms with van der Waals surface area (Å²) in [6.45, 7) is 4.00. The maximum Gasteiger partial charge on any atom is 0.248 e. The number of carbonyl (C=O) groups excluding carboxylic acids is 1. The van der Waals surface area contributed by atoms with E-state index in [4.69, 9.17) is 5.11 Å². The van der Waals surface area contributed by atoms with Gasteiger partial charge in [0.1, 0.15) is 6.10 Å². The summed E-state index contributed by atoms with van der Waals surface area (Å²) in [5.41, 5.74) is 2.36. The highest BCUT2D eigenvalue weighted by Gasteiger charge is 2.16. The lowest BCUT2D eigenvalue weighted by atomic mass is 10.0. The van der Waals surface area contributed by atoms with E-state index in [9.17, 15) is 4.79 Å². The van der Waals surface area contributed by atoms with Crippen LogP contribution in [0.4, 0.5) is 0 Å². The predicted octanol–water partition coefficient (Wildman–Crippen LogP) is 1.09. The van der Waals surface area contributed by atoms with Crippen LogP contribution in [-0.2, 0) is 4.79 Å². The number of carbonyl (C=O) groups is 1. The highest BCUT2D eigenvalue weighted by molar-refractivity contribution is 5.79. The summed E-state index contributed by atoms with van der Waals surface area (Å²) in [5.74, 6) is -0.339. The lowest BCUT2D eigenvalue weighted by Crippen LogP contribution is -2.38. The SMILES string of the molecule is Cc1ccc(C(CNC(=O)C(C)O)N(C)C)cc1. The van der Waals surface area contributed by atoms with Crippen molar-refractivity contribution in [1.29, 1.82) is 0 Å². The van der Waals surface area contributed by atoms with Crippen molar-refractivity contribution >= 4 is 5.91 Å². The normalized spacial score (nSPS) is 14.3. The van der Waals surface area contributed by atoms with Gasteiger partial charge in [-0.25, -0.2) is 0 Å². The number of likely N-dealkylation sites (N-methyl/N-ethyl adjacent to an activating group) is 1. The zero-order valence-electron chi connectivity index (χ0n) is 11.5. The molecule has 18 heavy (non-hydrogen) atoms. The molecule has 1 rings (SSSR count). The Bertz CT molecular complexity index is 385. The van der Waals surface area contributed by atoms with Gasteiger partial charge in [0.15, 0.2) is 0 Å². The second kappa shape index (κ2) is 6.52. The zero-order valence-corrected chi connectivity index (χ0v) is 11.5. The molecule has 2 N–H and O–H groups in total. The molecule has 0 spiro atoms. The lowest BCUT2D eigenvalue weighted by molar-refractivity contribution is -0.128. The number of nitrogens with zero attached hydrogens (tertiary/aromatic N) is 1. The maximum atomic E-state index is 11.4. The third kappa shape index (κ3) is 4.13. The third-order valence-electron chi connectivity index (χ3n) is 2.93. The molecule has 0 aliphatic rings. The van der Waals surface area contributed by atoms with E-state index in [-0.39, 0.29) is 11.9 Å². The monoisotopic (exact) mass is 250 g/mol. The second-order valence-electron chi connectivity index (χ2n) is 4.81. The molecule has 0 radical (unpaired) electrons. The predicted molar refractivity (Wildman–Crippen MR) is 72.3 cm³/mol. The Balaban J connectivity index is 2.72. The van der Waals surface area contributed by atoms with Gasteiger partial charge in [-0.3, -0.25) is 4.79 Å². The minimum atomic E-state index is -0.967. The molecule has 2 atom stereocenters. The van der Waals surface area contributed by atoms with Crippen molar-refractivity contribution in [3.63, 3.8) is 0 Å². The van der Waals surface area contributed by atoms with Gasteiger partial charge in [0.05, 0.1) is 6.04 Å². The average molecular weight is 250 g/mol. The molecule has 0 heterocycles. The molecule has 0 aliphatic carbocycles. The van der Waals surface area contributed by atoms with Crippen LogP contribution in [0.2, 0.25) is 0 Å². The summed E-state index contributed by atoms with van der Waals surface area (Å²) in [6, 6.07) is 8.35. The molecule has 1 amide bonds. The van der Waals surface area contributed by atoms with Crippen molar-refractivity contribution in [2.45, 2.75) is 26.0 Å². The highest BCUT2D eigenvalue weighted by Crippen LogP contribution is 2.17. The molecular formula is C14H22N2O2. The van der Waals surface area contributed by atoms with Gasteiger partial charge in [0.2, 0.25) is 5.91 Å². The molecule has 100 valence electrons. The van der Waals surface area contributed by atoms with Gasteiger partial charge in [-0.2, -0.15) is 0 Å². The van der Waals surface area contributed by atoms with E-state index in [1.165, 1.54) is 12.5 Å². The molecular weight excluding hydrogens is 228 g/mol. The Morgan fingerprint density at radius 3 is 2.33 bits per heavy atom. The zero-order chi connectivity index (χ0) is 13.7. The van der Waals surface area contributed by atoms with Crippen molar-refractivity contribution in [1.82, 2.24) is 10.2 Å². The number of aliphatic hydroxyl groups is 1. The number of aliphatic hydroxyl groups excluding tert-OH is 1. The number of aryl methyl sites for hydroxylation is 1. The summed E-state index contributed by atoms with van der Waals surface area (Å²) < 4.78 is 0. The maximum absolute atomic E-state index is 11.4. The van der Waals surface area contributed by atoms with Gasteiger partial charge in [-0.1, -0.05) is 29.8 Å². The van der Waals surface area contributed by atoms with Crippen LogP contribution in [0.1, 0.15) is 24.1 Å². The van der Waals surface area contributed by atoms with Crippen LogP contribution in [0, 0.1) is 6.92 Å². The Hall–Kier alpha value is -1.39. The number of amides is 1. The van der Waals surface area contributed by atoms with Crippen LogP contribution < -0.4 is 5.32 Å². The van der Waals surface area contributed by atoms with E-state index < -0.39 is 6.10 Å². The van der Waals surface area contributed by atoms with Crippen molar-refractivity contribution in [3.8, 4) is 0 Å². The van der Waals surface area contributed by atoms with Crippen LogP contribution in [0.3, 0.4) is 0 Å². The van der Waals surface area contributed by atoms with E-state index in [1.807, 2.05) is 25.9 Å². The van der Waals surface area contributed by atoms with Crippen molar-refractivity contribution < 1.29 is 9.90 Å². The Labute approximate surface area is 109 Å². The summed E-state index contributed by atoms with van der Waals surface area (Å²) in [4.78, 5) is 13.4. The minimum absolute atomic E-state index is 0.105. The molecule has 2 unspecified atom stereocenters. The molecule has 1 aromatic rings. The van der Waals surface area contributed by atoms with Gasteiger partial charge >= 0.3 is 0 Å². The lowest BCUT2D eigenvalue weighted by Gasteiger charge is -2.25. The third-order valence-corrected chi connectivity index (χ3v) is 2.93. The summed E-state index contributed by atoms with van der Waals surface area (Å²) in [5, 5.41) is 11.9. The number of nitrogens with one attached hydrogen (secondary N) is 1. The fourth-order valence-corrected chi connectivity index (χ4v) is 1.73. The van der Waals surface area contributed by atoms with Crippen LogP contribution in [0.15, 0.2) is 24.3 Å². The molecule has 0 saturated heterocycles. The van der Waals surface area contributed by atoms with Gasteiger partial charge in [-0.15, -0.1) is 0 Å². The minimum Gasteiger partial charge on any atom is -0.384 e. The van der Waals surface area contributed by atoms with E-state index in [0.717, 1.165) is 5.56 Å². The van der Waals surface area contributed by atoms with E-state index in [1.54, 1.807) is 0 Å². The van der Waals surface area contributed by atoms with E-state index in [2.05, 4.69) is 29.6 Å². The number of hydrogen-bond acceptors (Lipinski definition) is 3. The van der Waals surface area contributed by atoms with Gasteiger partial charge < -0.3 is 15.3 Å². The largest absolute Gasteiger partial charge is 0.384 e. The Morgan fingerprint density at radius 2 is 1.89 bits per heavy atom. The second-order valence-corrected chi connectivity index (χ2v) is 4.81. The summed E-state index contributed by atoms with van der Waals surface area (Å²) >= 11 is 0. The van der Waals surface area contributed by atoms with Crippen molar-refractivity contribution in [2.24, 2.45) is 0 Å².